The summed E-state index contributed by atoms with van der Waals surface area (Å²) in [4.78, 5) is 27.3. The summed E-state index contributed by atoms with van der Waals surface area (Å²) in [6, 6.07) is 12.8. The van der Waals surface area contributed by atoms with Gasteiger partial charge in [-0.3, -0.25) is 9.59 Å². The Bertz CT molecular complexity index is 936. The molecule has 0 saturated heterocycles. The number of Topliss-reactive ketones (excluding diaryl/α,β-unsaturated/α-hetero) is 1. The van der Waals surface area contributed by atoms with Crippen LogP contribution in [0.1, 0.15) is 38.3 Å². The highest BCUT2D eigenvalue weighted by atomic mass is 32.1. The zero-order chi connectivity index (χ0) is 17.4. The number of fused-ring (bicyclic) bond motifs is 1. The third kappa shape index (κ3) is 3.03. The molecule has 5 heteroatoms. The van der Waals surface area contributed by atoms with Gasteiger partial charge in [0.15, 0.2) is 11.5 Å². The minimum atomic E-state index is -0.0801. The number of furan rings is 1. The molecule has 0 fully saturated rings. The second-order valence-corrected chi connectivity index (χ2v) is 7.14. The van der Waals surface area contributed by atoms with E-state index in [0.717, 1.165) is 18.5 Å². The van der Waals surface area contributed by atoms with Gasteiger partial charge in [0.1, 0.15) is 5.76 Å². The Labute approximate surface area is 149 Å². The zero-order valence-electron chi connectivity index (χ0n) is 13.8. The summed E-state index contributed by atoms with van der Waals surface area (Å²) < 4.78 is 5.78. The monoisotopic (exact) mass is 351 g/mol. The van der Waals surface area contributed by atoms with Gasteiger partial charge in [0.25, 0.3) is 5.91 Å². The van der Waals surface area contributed by atoms with Crippen molar-refractivity contribution in [1.29, 1.82) is 0 Å². The smallest absolute Gasteiger partial charge is 0.289 e. The van der Waals surface area contributed by atoms with Crippen LogP contribution in [-0.4, -0.2) is 23.1 Å². The summed E-state index contributed by atoms with van der Waals surface area (Å²) in [5.74, 6) is 0.930. The first kappa shape index (κ1) is 15.8. The van der Waals surface area contributed by atoms with Gasteiger partial charge in [-0.05, 0) is 42.5 Å². The van der Waals surface area contributed by atoms with E-state index in [-0.39, 0.29) is 11.7 Å². The van der Waals surface area contributed by atoms with Crippen molar-refractivity contribution >= 4 is 23.0 Å². The lowest BCUT2D eigenvalue weighted by molar-refractivity contribution is 0.0704. The van der Waals surface area contributed by atoms with E-state index in [1.54, 1.807) is 35.6 Å². The second kappa shape index (κ2) is 6.33. The fourth-order valence-corrected chi connectivity index (χ4v) is 3.94. The Morgan fingerprint density at radius 1 is 1.08 bits per heavy atom. The van der Waals surface area contributed by atoms with Gasteiger partial charge in [0.05, 0.1) is 0 Å². The average molecular weight is 351 g/mol. The van der Waals surface area contributed by atoms with E-state index in [2.05, 4.69) is 11.4 Å². The molecule has 0 bridgehead atoms. The maximum atomic E-state index is 12.7. The van der Waals surface area contributed by atoms with Crippen molar-refractivity contribution < 1.29 is 14.0 Å². The first-order chi connectivity index (χ1) is 12.1. The number of ketones is 1. The molecule has 3 aromatic rings. The highest BCUT2D eigenvalue weighted by Crippen LogP contribution is 2.27. The Balaban J connectivity index is 1.53. The van der Waals surface area contributed by atoms with Crippen LogP contribution in [0, 0.1) is 0 Å². The molecule has 0 radical (unpaired) electrons. The molecule has 126 valence electrons. The molecule has 4 rings (SSSR count). The Morgan fingerprint density at radius 3 is 2.64 bits per heavy atom. The number of thiophene rings is 1. The van der Waals surface area contributed by atoms with Gasteiger partial charge >= 0.3 is 0 Å². The van der Waals surface area contributed by atoms with E-state index in [1.165, 1.54) is 17.4 Å². The number of hydrogen-bond donors (Lipinski definition) is 0. The number of rotatable bonds is 3. The van der Waals surface area contributed by atoms with Gasteiger partial charge in [-0.1, -0.05) is 24.3 Å². The summed E-state index contributed by atoms with van der Waals surface area (Å²) >= 11 is 1.75. The normalized spacial score (nSPS) is 13.6. The third-order valence-electron chi connectivity index (χ3n) is 4.49. The van der Waals surface area contributed by atoms with Gasteiger partial charge < -0.3 is 9.32 Å². The second-order valence-electron chi connectivity index (χ2n) is 6.14. The molecular formula is C20H17NO3S. The van der Waals surface area contributed by atoms with E-state index in [0.29, 0.717) is 23.6 Å². The largest absolute Gasteiger partial charge is 0.451 e. The first-order valence-corrected chi connectivity index (χ1v) is 9.05. The van der Waals surface area contributed by atoms with Crippen molar-refractivity contribution in [3.8, 4) is 11.3 Å². The summed E-state index contributed by atoms with van der Waals surface area (Å²) in [5.41, 5.74) is 2.74. The molecule has 0 atom stereocenters. The van der Waals surface area contributed by atoms with E-state index in [9.17, 15) is 9.59 Å². The molecule has 1 aliphatic heterocycles. The van der Waals surface area contributed by atoms with Crippen LogP contribution in [0.3, 0.4) is 0 Å². The van der Waals surface area contributed by atoms with Gasteiger partial charge in [0, 0.05) is 29.1 Å². The SMILES string of the molecule is CC(=O)c1ccc(-c2ccc(C(=O)N3CCc4sccc4C3)o2)cc1. The lowest BCUT2D eigenvalue weighted by Gasteiger charge is -2.26. The lowest BCUT2D eigenvalue weighted by atomic mass is 10.1. The van der Waals surface area contributed by atoms with Crippen molar-refractivity contribution in [2.45, 2.75) is 19.9 Å². The van der Waals surface area contributed by atoms with Gasteiger partial charge in [-0.2, -0.15) is 0 Å². The van der Waals surface area contributed by atoms with E-state index >= 15 is 0 Å². The van der Waals surface area contributed by atoms with Gasteiger partial charge in [0.2, 0.25) is 0 Å². The number of carbonyl (C=O) groups is 2. The maximum Gasteiger partial charge on any atom is 0.289 e. The van der Waals surface area contributed by atoms with E-state index in [4.69, 9.17) is 4.42 Å². The summed E-state index contributed by atoms with van der Waals surface area (Å²) in [6.45, 7) is 2.90. The highest BCUT2D eigenvalue weighted by Gasteiger charge is 2.24. The van der Waals surface area contributed by atoms with Crippen LogP contribution >= 0.6 is 11.3 Å². The van der Waals surface area contributed by atoms with Gasteiger partial charge in [-0.15, -0.1) is 11.3 Å². The van der Waals surface area contributed by atoms with Crippen LogP contribution in [0.2, 0.25) is 0 Å². The fourth-order valence-electron chi connectivity index (χ4n) is 3.05. The summed E-state index contributed by atoms with van der Waals surface area (Å²) in [7, 11) is 0. The predicted octanol–water partition coefficient (Wildman–Crippen LogP) is 4.41. The van der Waals surface area contributed by atoms with E-state index in [1.807, 2.05) is 17.0 Å². The molecule has 0 spiro atoms. The molecule has 0 aliphatic carbocycles. The molecule has 1 aromatic carbocycles. The van der Waals surface area contributed by atoms with Crippen molar-refractivity contribution in [3.63, 3.8) is 0 Å². The molecule has 0 N–H and O–H groups in total. The van der Waals surface area contributed by atoms with Crippen molar-refractivity contribution in [2.75, 3.05) is 6.54 Å². The molecule has 0 unspecified atom stereocenters. The van der Waals surface area contributed by atoms with Crippen LogP contribution < -0.4 is 0 Å². The van der Waals surface area contributed by atoms with Crippen molar-refractivity contribution in [2.24, 2.45) is 0 Å². The van der Waals surface area contributed by atoms with Crippen LogP contribution in [0.15, 0.2) is 52.3 Å². The van der Waals surface area contributed by atoms with Crippen molar-refractivity contribution in [3.05, 3.63) is 69.6 Å². The predicted molar refractivity (Wildman–Crippen MR) is 96.9 cm³/mol. The molecule has 1 aliphatic rings. The summed E-state index contributed by atoms with van der Waals surface area (Å²) in [6.07, 6.45) is 0.902. The summed E-state index contributed by atoms with van der Waals surface area (Å²) in [5, 5.41) is 2.08. The Morgan fingerprint density at radius 2 is 1.88 bits per heavy atom. The molecule has 0 saturated carbocycles. The number of nitrogens with zero attached hydrogens (tertiary/aromatic N) is 1. The molecular weight excluding hydrogens is 334 g/mol. The minimum Gasteiger partial charge on any atom is -0.451 e. The maximum absolute atomic E-state index is 12.7. The lowest BCUT2D eigenvalue weighted by Crippen LogP contribution is -2.35. The minimum absolute atomic E-state index is 0.0276. The fraction of sp³-hybridized carbons (Fsp3) is 0.200. The molecule has 3 heterocycles. The quantitative estimate of drug-likeness (QED) is 0.657. The van der Waals surface area contributed by atoms with Gasteiger partial charge in [-0.25, -0.2) is 0 Å². The van der Waals surface area contributed by atoms with Crippen LogP contribution in [-0.2, 0) is 13.0 Å². The molecule has 1 amide bonds. The van der Waals surface area contributed by atoms with E-state index < -0.39 is 0 Å². The van der Waals surface area contributed by atoms with Crippen LogP contribution in [0.25, 0.3) is 11.3 Å². The highest BCUT2D eigenvalue weighted by molar-refractivity contribution is 7.10. The topological polar surface area (TPSA) is 50.5 Å². The Hall–Kier alpha value is -2.66. The first-order valence-electron chi connectivity index (χ1n) is 8.17. The van der Waals surface area contributed by atoms with Crippen LogP contribution in [0.5, 0.6) is 0 Å². The average Bonchev–Trinajstić information content (AvgIpc) is 3.30. The van der Waals surface area contributed by atoms with Crippen molar-refractivity contribution in [1.82, 2.24) is 4.90 Å². The third-order valence-corrected chi connectivity index (χ3v) is 5.51. The number of hydrogen-bond acceptors (Lipinski definition) is 4. The molecule has 4 nitrogen and oxygen atoms in total. The number of benzene rings is 1. The Kier molecular flexibility index (Phi) is 4.01. The molecule has 25 heavy (non-hydrogen) atoms. The zero-order valence-corrected chi connectivity index (χ0v) is 14.6. The molecule has 2 aromatic heterocycles. The van der Waals surface area contributed by atoms with Crippen LogP contribution in [0.4, 0.5) is 0 Å². The number of carbonyl (C=O) groups excluding carboxylic acids is 2. The standard InChI is InChI=1S/C20H17NO3S/c1-13(22)14-2-4-15(5-3-14)17-6-7-18(24-17)20(23)21-10-8-19-16(12-21)9-11-25-19/h2-7,9,11H,8,10,12H2,1H3. The number of amides is 1.